The molecule has 1 aromatic carbocycles. The van der Waals surface area contributed by atoms with Crippen LogP contribution < -0.4 is 16.6 Å². The molecule has 0 saturated heterocycles. The topological polar surface area (TPSA) is 101 Å². The van der Waals surface area contributed by atoms with Gasteiger partial charge in [-0.05, 0) is 31.4 Å². The largest absolute Gasteiger partial charge is 0.324 e. The van der Waals surface area contributed by atoms with E-state index in [1.165, 1.54) is 6.07 Å². The fraction of sp³-hybridized carbons (Fsp3) is 0.312. The Morgan fingerprint density at radius 1 is 1.41 bits per heavy atom. The number of nitrogens with zero attached hydrogens (tertiary/aromatic N) is 1. The molecule has 4 N–H and O–H groups in total. The van der Waals surface area contributed by atoms with E-state index in [1.807, 2.05) is 13.0 Å². The van der Waals surface area contributed by atoms with Gasteiger partial charge < -0.3 is 16.0 Å². The van der Waals surface area contributed by atoms with E-state index in [0.29, 0.717) is 30.8 Å². The van der Waals surface area contributed by atoms with Gasteiger partial charge in [0.2, 0.25) is 5.91 Å². The average molecular weight is 298 g/mol. The third kappa shape index (κ3) is 2.92. The van der Waals surface area contributed by atoms with Crippen molar-refractivity contribution in [1.82, 2.24) is 9.97 Å². The van der Waals surface area contributed by atoms with Crippen LogP contribution in [0.15, 0.2) is 35.1 Å². The molecule has 0 atom stereocenters. The van der Waals surface area contributed by atoms with E-state index in [0.717, 1.165) is 11.3 Å². The minimum absolute atomic E-state index is 0.173. The summed E-state index contributed by atoms with van der Waals surface area (Å²) in [6.07, 6.45) is 2.11. The van der Waals surface area contributed by atoms with Gasteiger partial charge in [0.15, 0.2) is 0 Å². The lowest BCUT2D eigenvalue weighted by Crippen LogP contribution is -2.37. The summed E-state index contributed by atoms with van der Waals surface area (Å²) >= 11 is 0. The molecule has 0 spiro atoms. The molecule has 1 heterocycles. The molecule has 0 unspecified atom stereocenters. The number of nitrogens with two attached hydrogens (primary N) is 1. The number of hydrogen-bond donors (Lipinski definition) is 3. The molecule has 1 aliphatic rings. The Morgan fingerprint density at radius 3 is 2.86 bits per heavy atom. The fourth-order valence-corrected chi connectivity index (χ4v) is 2.19. The summed E-state index contributed by atoms with van der Waals surface area (Å²) in [5.74, 6) is 0.322. The van der Waals surface area contributed by atoms with Gasteiger partial charge >= 0.3 is 0 Å². The monoisotopic (exact) mass is 298 g/mol. The van der Waals surface area contributed by atoms with Crippen LogP contribution in [-0.2, 0) is 11.2 Å². The Bertz CT molecular complexity index is 778. The number of rotatable bonds is 4. The van der Waals surface area contributed by atoms with Gasteiger partial charge in [0.1, 0.15) is 5.82 Å². The first kappa shape index (κ1) is 14.5. The second-order valence-electron chi connectivity index (χ2n) is 5.63. The molecular weight excluding hydrogens is 280 g/mol. The maximum Gasteiger partial charge on any atom is 0.251 e. The lowest BCUT2D eigenvalue weighted by atomic mass is 10.1. The molecule has 0 radical (unpaired) electrons. The summed E-state index contributed by atoms with van der Waals surface area (Å²) < 4.78 is 0. The van der Waals surface area contributed by atoms with E-state index < -0.39 is 5.54 Å². The fourth-order valence-electron chi connectivity index (χ4n) is 2.19. The minimum Gasteiger partial charge on any atom is -0.324 e. The summed E-state index contributed by atoms with van der Waals surface area (Å²) in [5.41, 5.74) is 7.08. The number of anilines is 1. The van der Waals surface area contributed by atoms with Crippen LogP contribution in [0.2, 0.25) is 0 Å². The highest BCUT2D eigenvalue weighted by molar-refractivity contribution is 6.00. The lowest BCUT2D eigenvalue weighted by Gasteiger charge is -2.11. The predicted octanol–water partition coefficient (Wildman–Crippen LogP) is 1.43. The van der Waals surface area contributed by atoms with Crippen molar-refractivity contribution in [3.8, 4) is 11.4 Å². The molecule has 6 heteroatoms. The summed E-state index contributed by atoms with van der Waals surface area (Å²) in [5, 5.41) is 2.81. The normalized spacial score (nSPS) is 15.4. The van der Waals surface area contributed by atoms with Crippen LogP contribution in [0.4, 0.5) is 5.69 Å². The molecule has 22 heavy (non-hydrogen) atoms. The second-order valence-corrected chi connectivity index (χ2v) is 5.63. The zero-order chi connectivity index (χ0) is 15.7. The van der Waals surface area contributed by atoms with E-state index in [-0.39, 0.29) is 11.5 Å². The van der Waals surface area contributed by atoms with Gasteiger partial charge in [-0.25, -0.2) is 4.98 Å². The Balaban J connectivity index is 1.89. The number of aromatic nitrogens is 2. The van der Waals surface area contributed by atoms with Crippen molar-refractivity contribution in [2.24, 2.45) is 5.73 Å². The molecule has 1 aliphatic carbocycles. The van der Waals surface area contributed by atoms with Crippen LogP contribution >= 0.6 is 0 Å². The maximum atomic E-state index is 12.0. The SMILES string of the molecule is CCc1cc(=O)[nH]c(-c2cccc(NC(=O)C3(N)CC3)c2)n1. The molecule has 2 aromatic rings. The van der Waals surface area contributed by atoms with Gasteiger partial charge in [0.05, 0.1) is 5.54 Å². The van der Waals surface area contributed by atoms with Gasteiger partial charge in [-0.1, -0.05) is 19.1 Å². The quantitative estimate of drug-likeness (QED) is 0.794. The van der Waals surface area contributed by atoms with E-state index in [1.54, 1.807) is 18.2 Å². The number of H-pyrrole nitrogens is 1. The summed E-state index contributed by atoms with van der Waals surface area (Å²) in [6, 6.07) is 8.69. The molecule has 1 amide bonds. The highest BCUT2D eigenvalue weighted by atomic mass is 16.2. The van der Waals surface area contributed by atoms with Crippen LogP contribution in [0.5, 0.6) is 0 Å². The van der Waals surface area contributed by atoms with Gasteiger partial charge in [-0.2, -0.15) is 0 Å². The zero-order valence-corrected chi connectivity index (χ0v) is 12.3. The molecule has 0 aliphatic heterocycles. The Hall–Kier alpha value is -2.47. The van der Waals surface area contributed by atoms with E-state index in [2.05, 4.69) is 15.3 Å². The Kier molecular flexibility index (Phi) is 3.54. The average Bonchev–Trinajstić information content (AvgIpc) is 3.26. The van der Waals surface area contributed by atoms with Crippen molar-refractivity contribution in [3.05, 3.63) is 46.4 Å². The van der Waals surface area contributed by atoms with Crippen molar-refractivity contribution in [1.29, 1.82) is 0 Å². The number of amides is 1. The van der Waals surface area contributed by atoms with E-state index in [4.69, 9.17) is 5.73 Å². The summed E-state index contributed by atoms with van der Waals surface area (Å²) in [7, 11) is 0. The second kappa shape index (κ2) is 5.38. The molecule has 114 valence electrons. The van der Waals surface area contributed by atoms with Crippen LogP contribution in [0.25, 0.3) is 11.4 Å². The van der Waals surface area contributed by atoms with Crippen LogP contribution in [0, 0.1) is 0 Å². The molecule has 3 rings (SSSR count). The number of carbonyl (C=O) groups is 1. The lowest BCUT2D eigenvalue weighted by molar-refractivity contribution is -0.118. The molecule has 1 saturated carbocycles. The van der Waals surface area contributed by atoms with Crippen molar-refractivity contribution < 1.29 is 4.79 Å². The van der Waals surface area contributed by atoms with Crippen molar-refractivity contribution >= 4 is 11.6 Å². The van der Waals surface area contributed by atoms with E-state index in [9.17, 15) is 9.59 Å². The van der Waals surface area contributed by atoms with Crippen molar-refractivity contribution in [2.45, 2.75) is 31.7 Å². The van der Waals surface area contributed by atoms with Gasteiger partial charge in [0.25, 0.3) is 5.56 Å². The third-order valence-electron chi connectivity index (χ3n) is 3.79. The predicted molar refractivity (Wildman–Crippen MR) is 84.5 cm³/mol. The molecule has 1 aromatic heterocycles. The Labute approximate surface area is 127 Å². The number of hydrogen-bond acceptors (Lipinski definition) is 4. The van der Waals surface area contributed by atoms with Crippen molar-refractivity contribution in [3.63, 3.8) is 0 Å². The molecule has 1 fully saturated rings. The molecular formula is C16H18N4O2. The first-order valence-electron chi connectivity index (χ1n) is 7.31. The standard InChI is InChI=1S/C16H18N4O2/c1-2-11-9-13(21)20-14(18-11)10-4-3-5-12(8-10)19-15(22)16(17)6-7-16/h3-5,8-9H,2,6-7,17H2,1H3,(H,19,22)(H,18,20,21). The smallest absolute Gasteiger partial charge is 0.251 e. The molecule has 0 bridgehead atoms. The third-order valence-corrected chi connectivity index (χ3v) is 3.79. The van der Waals surface area contributed by atoms with E-state index >= 15 is 0 Å². The first-order chi connectivity index (χ1) is 10.5. The van der Waals surface area contributed by atoms with Gasteiger partial charge in [0, 0.05) is 23.0 Å². The van der Waals surface area contributed by atoms with Crippen LogP contribution in [0.3, 0.4) is 0 Å². The number of carbonyl (C=O) groups excluding carboxylic acids is 1. The highest BCUT2D eigenvalue weighted by Crippen LogP contribution is 2.33. The summed E-state index contributed by atoms with van der Waals surface area (Å²) in [4.78, 5) is 30.8. The number of benzene rings is 1. The number of nitrogens with one attached hydrogen (secondary N) is 2. The summed E-state index contributed by atoms with van der Waals surface area (Å²) in [6.45, 7) is 1.94. The van der Waals surface area contributed by atoms with Crippen LogP contribution in [-0.4, -0.2) is 21.4 Å². The van der Waals surface area contributed by atoms with Crippen LogP contribution in [0.1, 0.15) is 25.5 Å². The van der Waals surface area contributed by atoms with Gasteiger partial charge in [-0.15, -0.1) is 0 Å². The highest BCUT2D eigenvalue weighted by Gasteiger charge is 2.45. The first-order valence-corrected chi connectivity index (χ1v) is 7.31. The van der Waals surface area contributed by atoms with Gasteiger partial charge in [-0.3, -0.25) is 9.59 Å². The number of aromatic amines is 1. The van der Waals surface area contributed by atoms with Crippen molar-refractivity contribution in [2.75, 3.05) is 5.32 Å². The maximum absolute atomic E-state index is 12.0. The zero-order valence-electron chi connectivity index (χ0n) is 12.3. The number of aryl methyl sites for hydroxylation is 1. The minimum atomic E-state index is -0.718. The molecule has 6 nitrogen and oxygen atoms in total. The Morgan fingerprint density at radius 2 is 2.18 bits per heavy atom.